The van der Waals surface area contributed by atoms with Crippen LogP contribution in [-0.4, -0.2) is 24.3 Å². The highest BCUT2D eigenvalue weighted by Gasteiger charge is 2.14. The van der Waals surface area contributed by atoms with Crippen LogP contribution in [0.5, 0.6) is 0 Å². The van der Waals surface area contributed by atoms with E-state index in [4.69, 9.17) is 16.7 Å². The summed E-state index contributed by atoms with van der Waals surface area (Å²) in [5, 5.41) is 7.45. The standard InChI is InChI=1S/C12H11ClN4O3S/c1-7-5-16-10(6-15-7)12(18)17-8-2-3-11(9(13)4-8)21(14,19)20/h2-6H,1H3,(H,17,18)(H2,14,19,20). The van der Waals surface area contributed by atoms with Crippen LogP contribution in [0.1, 0.15) is 16.2 Å². The number of carbonyl (C=O) groups excluding carboxylic acids is 1. The van der Waals surface area contributed by atoms with Gasteiger partial charge in [-0.2, -0.15) is 0 Å². The number of halogens is 1. The van der Waals surface area contributed by atoms with Gasteiger partial charge in [0.15, 0.2) is 0 Å². The van der Waals surface area contributed by atoms with Crippen LogP contribution >= 0.6 is 11.6 Å². The Labute approximate surface area is 126 Å². The number of sulfonamides is 1. The summed E-state index contributed by atoms with van der Waals surface area (Å²) in [7, 11) is -3.90. The van der Waals surface area contributed by atoms with E-state index < -0.39 is 15.9 Å². The second kappa shape index (κ2) is 5.76. The number of benzene rings is 1. The number of nitrogens with two attached hydrogens (primary N) is 1. The molecule has 1 heterocycles. The molecular weight excluding hydrogens is 316 g/mol. The van der Waals surface area contributed by atoms with Crippen molar-refractivity contribution in [2.45, 2.75) is 11.8 Å². The molecule has 7 nitrogen and oxygen atoms in total. The summed E-state index contributed by atoms with van der Waals surface area (Å²) in [6.45, 7) is 1.75. The molecule has 0 saturated carbocycles. The summed E-state index contributed by atoms with van der Waals surface area (Å²) in [4.78, 5) is 19.6. The quantitative estimate of drug-likeness (QED) is 0.883. The number of primary sulfonamides is 1. The van der Waals surface area contributed by atoms with Crippen molar-refractivity contribution in [3.05, 3.63) is 47.0 Å². The summed E-state index contributed by atoms with van der Waals surface area (Å²) in [6, 6.07) is 3.89. The number of hydrogen-bond donors (Lipinski definition) is 2. The first-order valence-electron chi connectivity index (χ1n) is 5.70. The molecule has 0 unspecified atom stereocenters. The van der Waals surface area contributed by atoms with Gasteiger partial charge in [-0.3, -0.25) is 9.78 Å². The Hall–Kier alpha value is -2.03. The van der Waals surface area contributed by atoms with E-state index in [9.17, 15) is 13.2 Å². The fourth-order valence-electron chi connectivity index (χ4n) is 1.51. The van der Waals surface area contributed by atoms with Gasteiger partial charge in [0.1, 0.15) is 10.6 Å². The highest BCUT2D eigenvalue weighted by atomic mass is 35.5. The number of amides is 1. The van der Waals surface area contributed by atoms with Crippen molar-refractivity contribution in [2.75, 3.05) is 5.32 Å². The molecule has 3 N–H and O–H groups in total. The van der Waals surface area contributed by atoms with Crippen molar-refractivity contribution < 1.29 is 13.2 Å². The first-order chi connectivity index (χ1) is 9.77. The number of hydrogen-bond acceptors (Lipinski definition) is 5. The molecule has 110 valence electrons. The van der Waals surface area contributed by atoms with Gasteiger partial charge >= 0.3 is 0 Å². The zero-order valence-corrected chi connectivity index (χ0v) is 12.4. The predicted octanol–water partition coefficient (Wildman–Crippen LogP) is 1.34. The van der Waals surface area contributed by atoms with Gasteiger partial charge in [0.25, 0.3) is 5.91 Å². The van der Waals surface area contributed by atoms with Crippen LogP contribution in [0.2, 0.25) is 5.02 Å². The van der Waals surface area contributed by atoms with Crippen LogP contribution in [0.4, 0.5) is 5.69 Å². The molecule has 2 aromatic rings. The van der Waals surface area contributed by atoms with Crippen LogP contribution in [0.25, 0.3) is 0 Å². The van der Waals surface area contributed by atoms with Crippen LogP contribution < -0.4 is 10.5 Å². The van der Waals surface area contributed by atoms with Crippen molar-refractivity contribution >= 4 is 33.2 Å². The third-order valence-electron chi connectivity index (χ3n) is 2.51. The largest absolute Gasteiger partial charge is 0.321 e. The van der Waals surface area contributed by atoms with E-state index in [0.29, 0.717) is 11.4 Å². The van der Waals surface area contributed by atoms with Crippen molar-refractivity contribution in [2.24, 2.45) is 5.14 Å². The van der Waals surface area contributed by atoms with Gasteiger partial charge < -0.3 is 5.32 Å². The monoisotopic (exact) mass is 326 g/mol. The molecule has 0 aliphatic carbocycles. The van der Waals surface area contributed by atoms with Gasteiger partial charge in [-0.05, 0) is 25.1 Å². The number of aromatic nitrogens is 2. The molecule has 0 aliphatic rings. The minimum atomic E-state index is -3.90. The number of carbonyl (C=O) groups is 1. The lowest BCUT2D eigenvalue weighted by Gasteiger charge is -2.07. The summed E-state index contributed by atoms with van der Waals surface area (Å²) in [5.41, 5.74) is 1.14. The molecule has 21 heavy (non-hydrogen) atoms. The lowest BCUT2D eigenvalue weighted by atomic mass is 10.3. The Bertz CT molecular complexity index is 791. The Kier molecular flexibility index (Phi) is 4.21. The molecule has 0 bridgehead atoms. The van der Waals surface area contributed by atoms with Crippen LogP contribution in [0.3, 0.4) is 0 Å². The maximum Gasteiger partial charge on any atom is 0.275 e. The highest BCUT2D eigenvalue weighted by Crippen LogP contribution is 2.24. The molecule has 0 atom stereocenters. The van der Waals surface area contributed by atoms with Gasteiger partial charge in [0.2, 0.25) is 10.0 Å². The first kappa shape index (κ1) is 15.4. The average molecular weight is 327 g/mol. The summed E-state index contributed by atoms with van der Waals surface area (Å²) in [6.07, 6.45) is 2.80. The third kappa shape index (κ3) is 3.75. The number of nitrogens with one attached hydrogen (secondary N) is 1. The highest BCUT2D eigenvalue weighted by molar-refractivity contribution is 7.89. The fourth-order valence-corrected chi connectivity index (χ4v) is 2.61. The maximum atomic E-state index is 11.9. The Balaban J connectivity index is 2.22. The lowest BCUT2D eigenvalue weighted by Crippen LogP contribution is -2.15. The number of anilines is 1. The van der Waals surface area contributed by atoms with E-state index in [1.807, 2.05) is 0 Å². The number of aryl methyl sites for hydroxylation is 1. The van der Waals surface area contributed by atoms with E-state index in [2.05, 4.69) is 15.3 Å². The van der Waals surface area contributed by atoms with E-state index >= 15 is 0 Å². The van der Waals surface area contributed by atoms with Crippen molar-refractivity contribution in [3.63, 3.8) is 0 Å². The molecule has 0 spiro atoms. The molecule has 0 fully saturated rings. The molecule has 1 amide bonds. The second-order valence-electron chi connectivity index (χ2n) is 4.19. The van der Waals surface area contributed by atoms with E-state index in [0.717, 1.165) is 0 Å². The maximum absolute atomic E-state index is 11.9. The molecule has 0 aliphatic heterocycles. The summed E-state index contributed by atoms with van der Waals surface area (Å²) >= 11 is 5.83. The Morgan fingerprint density at radius 3 is 2.52 bits per heavy atom. The fraction of sp³-hybridized carbons (Fsp3) is 0.0833. The molecule has 2 rings (SSSR count). The number of rotatable bonds is 3. The normalized spacial score (nSPS) is 11.2. The van der Waals surface area contributed by atoms with Crippen LogP contribution in [0, 0.1) is 6.92 Å². The molecular formula is C12H11ClN4O3S. The minimum absolute atomic E-state index is 0.0784. The average Bonchev–Trinajstić information content (AvgIpc) is 2.37. The zero-order valence-electron chi connectivity index (χ0n) is 10.9. The molecule has 1 aromatic carbocycles. The van der Waals surface area contributed by atoms with Crippen molar-refractivity contribution in [3.8, 4) is 0 Å². The Morgan fingerprint density at radius 2 is 2.00 bits per heavy atom. The van der Waals surface area contributed by atoms with Gasteiger partial charge in [-0.15, -0.1) is 0 Å². The van der Waals surface area contributed by atoms with Gasteiger partial charge in [0.05, 0.1) is 16.9 Å². The minimum Gasteiger partial charge on any atom is -0.321 e. The SMILES string of the molecule is Cc1cnc(C(=O)Nc2ccc(S(N)(=O)=O)c(Cl)c2)cn1. The molecule has 0 saturated heterocycles. The molecule has 0 radical (unpaired) electrons. The van der Waals surface area contributed by atoms with E-state index in [1.54, 1.807) is 6.92 Å². The Morgan fingerprint density at radius 1 is 1.29 bits per heavy atom. The van der Waals surface area contributed by atoms with Crippen molar-refractivity contribution in [1.82, 2.24) is 9.97 Å². The molecule has 9 heteroatoms. The second-order valence-corrected chi connectivity index (χ2v) is 6.12. The topological polar surface area (TPSA) is 115 Å². The predicted molar refractivity (Wildman–Crippen MR) is 77.5 cm³/mol. The van der Waals surface area contributed by atoms with Gasteiger partial charge in [-0.1, -0.05) is 11.6 Å². The third-order valence-corrected chi connectivity index (χ3v) is 3.90. The summed E-state index contributed by atoms with van der Waals surface area (Å²) < 4.78 is 22.5. The summed E-state index contributed by atoms with van der Waals surface area (Å²) in [5.74, 6) is -0.484. The van der Waals surface area contributed by atoms with Crippen LogP contribution in [-0.2, 0) is 10.0 Å². The lowest BCUT2D eigenvalue weighted by molar-refractivity contribution is 0.102. The first-order valence-corrected chi connectivity index (χ1v) is 7.62. The smallest absolute Gasteiger partial charge is 0.275 e. The van der Waals surface area contributed by atoms with Crippen LogP contribution in [0.15, 0.2) is 35.5 Å². The zero-order chi connectivity index (χ0) is 15.6. The van der Waals surface area contributed by atoms with Crippen molar-refractivity contribution in [1.29, 1.82) is 0 Å². The number of nitrogens with zero attached hydrogens (tertiary/aromatic N) is 2. The molecule has 1 aromatic heterocycles. The van der Waals surface area contributed by atoms with Gasteiger partial charge in [0, 0.05) is 11.9 Å². The van der Waals surface area contributed by atoms with E-state index in [-0.39, 0.29) is 15.6 Å². The van der Waals surface area contributed by atoms with Gasteiger partial charge in [-0.25, -0.2) is 18.5 Å². The van der Waals surface area contributed by atoms with E-state index in [1.165, 1.54) is 30.6 Å².